The number of halogens is 4. The number of nitrogens with zero attached hydrogens (tertiary/aromatic N) is 9. The van der Waals surface area contributed by atoms with Gasteiger partial charge in [-0.3, -0.25) is 57.5 Å². The van der Waals surface area contributed by atoms with Crippen molar-refractivity contribution in [1.29, 1.82) is 0 Å². The van der Waals surface area contributed by atoms with Crippen LogP contribution in [-0.4, -0.2) is 251 Å². The number of benzene rings is 1. The molecule has 0 radical (unpaired) electrons. The molecular weight excluding hydrogens is 1290 g/mol. The topological polar surface area (TPSA) is 270 Å². The lowest BCUT2D eigenvalue weighted by atomic mass is 9.84. The first kappa shape index (κ1) is 80.6. The van der Waals surface area contributed by atoms with Crippen LogP contribution >= 0.6 is 0 Å². The molecule has 12 amide bonds. The number of aryl methyl sites for hydroxylation is 1. The van der Waals surface area contributed by atoms with Gasteiger partial charge in [0.25, 0.3) is 0 Å². The summed E-state index contributed by atoms with van der Waals surface area (Å²) in [6.07, 6.45) is 2.80. The third-order valence-electron chi connectivity index (χ3n) is 21.0. The quantitative estimate of drug-likeness (QED) is 0.223. The molecule has 3 N–H and O–H groups in total. The standard InChI is InChI=1S/C71H110F4N12O12/c1-14-46(6)61-68(98)81(9)42-59(90)79(7)43-60(91)83(11)55(39-47-24-17-15-18-25-47)65(95)80(8)41-57(88)76-51(30-28-48-27-29-49(50(72)38-48)71(73,74)75)64(94)87-35-23-26-52(87)63(93)78-70(31-19-20-32-70)69(99)85(13)54(37-45(4)5)66(96)84(12)56(67(97)86-33-21-16-22-34-86)40-58(89)82(10)53(36-44(2)3)62(92)77-61/h27,29,38,44-47,51-56,61H,14-26,28,30-37,39-43H2,1-13H3,(H,76,88)(H,77,92)(H,78,93)/t46-,51-,52-,53-,54-,55-,56-,61-/m0/s1. The number of likely N-dealkylation sites (N-methyl/N-ethyl adjacent to an activating group) is 7. The Bertz CT molecular complexity index is 3060. The van der Waals surface area contributed by atoms with Crippen molar-refractivity contribution in [3.8, 4) is 0 Å². The highest BCUT2D eigenvalue weighted by atomic mass is 19.4. The first-order valence-electron chi connectivity index (χ1n) is 35.7. The summed E-state index contributed by atoms with van der Waals surface area (Å²) >= 11 is 0. The SMILES string of the molecule is CC[C@H](C)[C@@H]1NC(=O)[C@H](CC(C)C)N(C)C(=O)C[C@@H](C(=O)N2CCCCC2)N(C)C(=O)[C@H](CC(C)C)N(C)C(=O)C2(CCCC2)NC(=O)[C@@H]2CCCN2C(=O)[C@H](CCc2ccc(C(F)(F)F)c(F)c2)NC(=O)CN(C)C(=O)[C@H](CC2CCCCC2)N(C)C(=O)CN(C)C(=O)CN(C)C1=O. The van der Waals surface area contributed by atoms with Gasteiger partial charge < -0.3 is 60.0 Å². The van der Waals surface area contributed by atoms with Gasteiger partial charge in [0.2, 0.25) is 70.9 Å². The molecule has 6 rings (SSSR count). The fraction of sp³-hybridized carbons (Fsp3) is 0.746. The van der Waals surface area contributed by atoms with E-state index in [1.807, 2.05) is 34.6 Å². The third kappa shape index (κ3) is 20.9. The van der Waals surface area contributed by atoms with Gasteiger partial charge in [-0.05, 0) is 118 Å². The van der Waals surface area contributed by atoms with Crippen LogP contribution in [0.3, 0.4) is 0 Å². The van der Waals surface area contributed by atoms with Gasteiger partial charge in [0.05, 0.1) is 31.6 Å². The molecule has 1 aromatic carbocycles. The minimum atomic E-state index is -5.00. The van der Waals surface area contributed by atoms with Crippen molar-refractivity contribution in [2.24, 2.45) is 23.7 Å². The Morgan fingerprint density at radius 3 is 1.78 bits per heavy atom. The zero-order chi connectivity index (χ0) is 73.5. The molecule has 5 fully saturated rings. The van der Waals surface area contributed by atoms with E-state index in [1.54, 1.807) is 11.8 Å². The maximum Gasteiger partial charge on any atom is 0.419 e. The Kier molecular flexibility index (Phi) is 29.1. The average Bonchev–Trinajstić information content (AvgIpc) is 1.61. The number of alkyl halides is 3. The van der Waals surface area contributed by atoms with E-state index >= 15 is 23.6 Å². The zero-order valence-corrected chi connectivity index (χ0v) is 60.6. The highest BCUT2D eigenvalue weighted by molar-refractivity contribution is 6.00. The molecule has 3 heterocycles. The van der Waals surface area contributed by atoms with E-state index in [0.29, 0.717) is 63.7 Å². The molecule has 0 bridgehead atoms. The molecule has 554 valence electrons. The molecule has 1 aromatic rings. The van der Waals surface area contributed by atoms with Gasteiger partial charge in [0, 0.05) is 69.0 Å². The highest BCUT2D eigenvalue weighted by Crippen LogP contribution is 2.36. The predicted molar refractivity (Wildman–Crippen MR) is 361 cm³/mol. The van der Waals surface area contributed by atoms with Crippen molar-refractivity contribution in [2.45, 2.75) is 230 Å². The number of piperidine rings is 1. The molecule has 8 atom stereocenters. The number of likely N-dealkylation sites (tertiary alicyclic amines) is 1. The molecular formula is C71H110F4N12O12. The fourth-order valence-electron chi connectivity index (χ4n) is 14.6. The lowest BCUT2D eigenvalue weighted by molar-refractivity contribution is -0.155. The van der Waals surface area contributed by atoms with Crippen LogP contribution < -0.4 is 16.0 Å². The van der Waals surface area contributed by atoms with E-state index in [9.17, 15) is 51.5 Å². The average molecular weight is 1400 g/mol. The van der Waals surface area contributed by atoms with Crippen molar-refractivity contribution in [1.82, 2.24) is 60.0 Å². The maximum atomic E-state index is 15.5. The number of rotatable bonds is 12. The Hall–Kier alpha value is -7.42. The Morgan fingerprint density at radius 2 is 1.18 bits per heavy atom. The van der Waals surface area contributed by atoms with Crippen molar-refractivity contribution < 1.29 is 75.1 Å². The summed E-state index contributed by atoms with van der Waals surface area (Å²) < 4.78 is 56.1. The van der Waals surface area contributed by atoms with Crippen molar-refractivity contribution in [3.05, 3.63) is 35.1 Å². The number of nitrogens with one attached hydrogen (secondary N) is 3. The molecule has 5 aliphatic rings. The Labute approximate surface area is 581 Å². The number of amides is 12. The van der Waals surface area contributed by atoms with Crippen LogP contribution in [0.5, 0.6) is 0 Å². The number of hydrogen-bond acceptors (Lipinski definition) is 12. The van der Waals surface area contributed by atoms with Crippen molar-refractivity contribution in [2.75, 3.05) is 88.6 Å². The minimum absolute atomic E-state index is 0.00102. The largest absolute Gasteiger partial charge is 0.419 e. The lowest BCUT2D eigenvalue weighted by Crippen LogP contribution is -2.64. The van der Waals surface area contributed by atoms with E-state index in [-0.39, 0.29) is 81.2 Å². The van der Waals surface area contributed by atoms with Gasteiger partial charge in [-0.1, -0.05) is 99.0 Å². The summed E-state index contributed by atoms with van der Waals surface area (Å²) in [5.74, 6) is -10.6. The molecule has 1 spiro atoms. The minimum Gasteiger partial charge on any atom is -0.343 e. The summed E-state index contributed by atoms with van der Waals surface area (Å²) in [4.78, 5) is 189. The number of carbonyl (C=O) groups is 12. The second-order valence-electron chi connectivity index (χ2n) is 29.5. The summed E-state index contributed by atoms with van der Waals surface area (Å²) in [5, 5.41) is 8.60. The van der Waals surface area contributed by atoms with E-state index in [1.165, 1.54) is 73.8 Å². The predicted octanol–water partition coefficient (Wildman–Crippen LogP) is 5.37. The highest BCUT2D eigenvalue weighted by Gasteiger charge is 2.50. The molecule has 0 unspecified atom stereocenters. The normalized spacial score (nSPS) is 26.0. The smallest absolute Gasteiger partial charge is 0.343 e. The molecule has 0 aromatic heterocycles. The van der Waals surface area contributed by atoms with Crippen LogP contribution in [0.1, 0.15) is 181 Å². The molecule has 2 aliphatic carbocycles. The summed E-state index contributed by atoms with van der Waals surface area (Å²) in [6.45, 7) is 9.96. The van der Waals surface area contributed by atoms with Gasteiger partial charge in [0.15, 0.2) is 0 Å². The number of fused-ring (bicyclic) bond motifs is 1. The van der Waals surface area contributed by atoms with Crippen molar-refractivity contribution >= 4 is 70.9 Å². The first-order valence-corrected chi connectivity index (χ1v) is 35.7. The van der Waals surface area contributed by atoms with Crippen LogP contribution in [0.4, 0.5) is 17.6 Å². The number of carbonyl (C=O) groups excluding carboxylic acids is 12. The molecule has 2 saturated carbocycles. The summed E-state index contributed by atoms with van der Waals surface area (Å²) in [5.41, 5.74) is -3.05. The van der Waals surface area contributed by atoms with E-state index in [4.69, 9.17) is 0 Å². The van der Waals surface area contributed by atoms with Crippen LogP contribution in [0, 0.1) is 29.5 Å². The van der Waals surface area contributed by atoms with Crippen LogP contribution in [0.25, 0.3) is 0 Å². The van der Waals surface area contributed by atoms with Crippen LogP contribution in [0.2, 0.25) is 0 Å². The Morgan fingerprint density at radius 1 is 0.596 bits per heavy atom. The van der Waals surface area contributed by atoms with Gasteiger partial charge in [0.1, 0.15) is 53.6 Å². The number of hydrogen-bond donors (Lipinski definition) is 3. The van der Waals surface area contributed by atoms with E-state index in [2.05, 4.69) is 16.0 Å². The Balaban J connectivity index is 1.43. The first-order chi connectivity index (χ1) is 46.5. The molecule has 3 saturated heterocycles. The van der Waals surface area contributed by atoms with Crippen LogP contribution in [0.15, 0.2) is 18.2 Å². The van der Waals surface area contributed by atoms with Gasteiger partial charge >= 0.3 is 6.18 Å². The van der Waals surface area contributed by atoms with Gasteiger partial charge in [-0.2, -0.15) is 13.2 Å². The lowest BCUT2D eigenvalue weighted by Gasteiger charge is -2.41. The third-order valence-corrected chi connectivity index (χ3v) is 21.0. The molecule has 3 aliphatic heterocycles. The molecule has 28 heteroatoms. The van der Waals surface area contributed by atoms with E-state index < -0.39 is 168 Å². The fourth-order valence-corrected chi connectivity index (χ4v) is 14.6. The molecule has 24 nitrogen and oxygen atoms in total. The van der Waals surface area contributed by atoms with E-state index in [0.717, 1.165) is 59.3 Å². The second-order valence-corrected chi connectivity index (χ2v) is 29.5. The van der Waals surface area contributed by atoms with Gasteiger partial charge in [-0.15, -0.1) is 0 Å². The second kappa shape index (κ2) is 35.8. The molecule has 99 heavy (non-hydrogen) atoms. The van der Waals surface area contributed by atoms with Gasteiger partial charge in [-0.25, -0.2) is 4.39 Å². The summed E-state index contributed by atoms with van der Waals surface area (Å²) in [6, 6.07) is -6.64. The summed E-state index contributed by atoms with van der Waals surface area (Å²) in [7, 11) is 9.79. The van der Waals surface area contributed by atoms with Crippen molar-refractivity contribution in [3.63, 3.8) is 0 Å². The van der Waals surface area contributed by atoms with Crippen LogP contribution in [-0.2, 0) is 70.1 Å². The zero-order valence-electron chi connectivity index (χ0n) is 60.6. The monoisotopic (exact) mass is 1400 g/mol. The maximum absolute atomic E-state index is 15.5.